The molecule has 0 saturated carbocycles. The highest BCUT2D eigenvalue weighted by Crippen LogP contribution is 2.38. The van der Waals surface area contributed by atoms with E-state index >= 15 is 0 Å². The van der Waals surface area contributed by atoms with E-state index in [0.29, 0.717) is 6.04 Å². The van der Waals surface area contributed by atoms with E-state index in [9.17, 15) is 5.11 Å². The van der Waals surface area contributed by atoms with Crippen molar-refractivity contribution >= 4 is 11.4 Å². The van der Waals surface area contributed by atoms with E-state index in [1.807, 2.05) is 6.07 Å². The average molecular weight is 267 g/mol. The Morgan fingerprint density at radius 2 is 1.95 bits per heavy atom. The van der Waals surface area contributed by atoms with Crippen molar-refractivity contribution in [2.75, 3.05) is 4.90 Å². The first-order chi connectivity index (χ1) is 9.70. The zero-order valence-electron chi connectivity index (χ0n) is 12.1. The zero-order chi connectivity index (χ0) is 14.1. The molecule has 2 aromatic rings. The topological polar surface area (TPSA) is 23.5 Å². The second-order valence-electron chi connectivity index (χ2n) is 5.67. The van der Waals surface area contributed by atoms with Crippen molar-refractivity contribution in [3.63, 3.8) is 0 Å². The first-order valence-corrected chi connectivity index (χ1v) is 7.28. The van der Waals surface area contributed by atoms with Crippen LogP contribution in [0.3, 0.4) is 0 Å². The van der Waals surface area contributed by atoms with Gasteiger partial charge >= 0.3 is 0 Å². The Bertz CT molecular complexity index is 621. The summed E-state index contributed by atoms with van der Waals surface area (Å²) < 4.78 is 0. The Labute approximate surface area is 120 Å². The van der Waals surface area contributed by atoms with E-state index in [1.165, 1.54) is 28.9 Å². The molecule has 0 spiro atoms. The van der Waals surface area contributed by atoms with Crippen molar-refractivity contribution in [1.29, 1.82) is 0 Å². The summed E-state index contributed by atoms with van der Waals surface area (Å²) in [6.45, 7) is 4.51. The Balaban J connectivity index is 2.09. The van der Waals surface area contributed by atoms with Crippen LogP contribution >= 0.6 is 0 Å². The van der Waals surface area contributed by atoms with Gasteiger partial charge in [0.25, 0.3) is 0 Å². The molecule has 104 valence electrons. The summed E-state index contributed by atoms with van der Waals surface area (Å²) in [7, 11) is 0. The van der Waals surface area contributed by atoms with E-state index in [0.717, 1.165) is 12.0 Å². The summed E-state index contributed by atoms with van der Waals surface area (Å²) in [5, 5.41) is 9.26. The number of hydrogen-bond donors (Lipinski definition) is 1. The number of nitrogens with zero attached hydrogens (tertiary/aromatic N) is 1. The lowest BCUT2D eigenvalue weighted by molar-refractivity contribution is 0.282. The van der Waals surface area contributed by atoms with Gasteiger partial charge in [0, 0.05) is 17.4 Å². The van der Waals surface area contributed by atoms with Gasteiger partial charge in [0.15, 0.2) is 0 Å². The number of aryl methyl sites for hydroxylation is 2. The Morgan fingerprint density at radius 1 is 1.15 bits per heavy atom. The molecular formula is C18H21NO. The van der Waals surface area contributed by atoms with Crippen molar-refractivity contribution < 1.29 is 5.11 Å². The van der Waals surface area contributed by atoms with Crippen LogP contribution in [-0.2, 0) is 13.0 Å². The first-order valence-electron chi connectivity index (χ1n) is 7.28. The van der Waals surface area contributed by atoms with Crippen molar-refractivity contribution in [1.82, 2.24) is 0 Å². The second-order valence-corrected chi connectivity index (χ2v) is 5.67. The Hall–Kier alpha value is -1.80. The number of para-hydroxylation sites is 1. The van der Waals surface area contributed by atoms with Gasteiger partial charge in [0.05, 0.1) is 6.61 Å². The SMILES string of the molecule is Cc1cc(CO)ccc1N1c2ccccc2CCC1C. The highest BCUT2D eigenvalue weighted by molar-refractivity contribution is 5.71. The van der Waals surface area contributed by atoms with E-state index in [4.69, 9.17) is 0 Å². The molecular weight excluding hydrogens is 246 g/mol. The third-order valence-electron chi connectivity index (χ3n) is 4.23. The molecule has 20 heavy (non-hydrogen) atoms. The van der Waals surface area contributed by atoms with Crippen LogP contribution in [0.1, 0.15) is 30.0 Å². The zero-order valence-corrected chi connectivity index (χ0v) is 12.1. The molecule has 0 saturated heterocycles. The Kier molecular flexibility index (Phi) is 3.49. The van der Waals surface area contributed by atoms with Crippen LogP contribution in [0.4, 0.5) is 11.4 Å². The van der Waals surface area contributed by atoms with Gasteiger partial charge in [-0.3, -0.25) is 0 Å². The number of aliphatic hydroxyl groups excluding tert-OH is 1. The van der Waals surface area contributed by atoms with Crippen LogP contribution in [0, 0.1) is 6.92 Å². The molecule has 2 heteroatoms. The monoisotopic (exact) mass is 267 g/mol. The predicted molar refractivity (Wildman–Crippen MR) is 83.5 cm³/mol. The summed E-state index contributed by atoms with van der Waals surface area (Å²) >= 11 is 0. The molecule has 1 atom stereocenters. The molecule has 1 aliphatic rings. The van der Waals surface area contributed by atoms with Crippen LogP contribution < -0.4 is 4.90 Å². The smallest absolute Gasteiger partial charge is 0.0681 e. The van der Waals surface area contributed by atoms with Gasteiger partial charge in [-0.2, -0.15) is 0 Å². The fourth-order valence-corrected chi connectivity index (χ4v) is 3.14. The van der Waals surface area contributed by atoms with E-state index in [1.54, 1.807) is 0 Å². The largest absolute Gasteiger partial charge is 0.392 e. The number of rotatable bonds is 2. The summed E-state index contributed by atoms with van der Waals surface area (Å²) in [4.78, 5) is 2.44. The highest BCUT2D eigenvalue weighted by atomic mass is 16.3. The maximum absolute atomic E-state index is 9.26. The molecule has 2 aromatic carbocycles. The van der Waals surface area contributed by atoms with Crippen LogP contribution in [0.15, 0.2) is 42.5 Å². The molecule has 2 nitrogen and oxygen atoms in total. The number of fused-ring (bicyclic) bond motifs is 1. The maximum Gasteiger partial charge on any atom is 0.0681 e. The maximum atomic E-state index is 9.26. The summed E-state index contributed by atoms with van der Waals surface area (Å²) in [5.74, 6) is 0. The van der Waals surface area contributed by atoms with Crippen molar-refractivity contribution in [3.05, 3.63) is 59.2 Å². The summed E-state index contributed by atoms with van der Waals surface area (Å²) in [6.07, 6.45) is 2.33. The standard InChI is InChI=1S/C18H21NO/c1-13-11-15(12-20)8-10-17(13)19-14(2)7-9-16-5-3-4-6-18(16)19/h3-6,8,10-11,14,20H,7,9,12H2,1-2H3. The van der Waals surface area contributed by atoms with Crippen LogP contribution in [-0.4, -0.2) is 11.1 Å². The third-order valence-corrected chi connectivity index (χ3v) is 4.23. The van der Waals surface area contributed by atoms with Gasteiger partial charge in [0.2, 0.25) is 0 Å². The lowest BCUT2D eigenvalue weighted by Gasteiger charge is -2.38. The normalized spacial score (nSPS) is 17.9. The van der Waals surface area contributed by atoms with Crippen LogP contribution in [0.5, 0.6) is 0 Å². The minimum absolute atomic E-state index is 0.104. The number of aliphatic hydroxyl groups is 1. The molecule has 0 fully saturated rings. The molecule has 0 amide bonds. The molecule has 1 aliphatic heterocycles. The van der Waals surface area contributed by atoms with E-state index in [2.05, 4.69) is 55.1 Å². The van der Waals surface area contributed by atoms with Gasteiger partial charge in [-0.1, -0.05) is 30.3 Å². The minimum Gasteiger partial charge on any atom is -0.392 e. The van der Waals surface area contributed by atoms with Crippen LogP contribution in [0.2, 0.25) is 0 Å². The minimum atomic E-state index is 0.104. The van der Waals surface area contributed by atoms with Gasteiger partial charge in [0.1, 0.15) is 0 Å². The van der Waals surface area contributed by atoms with Crippen molar-refractivity contribution in [3.8, 4) is 0 Å². The molecule has 1 heterocycles. The fourth-order valence-electron chi connectivity index (χ4n) is 3.14. The lowest BCUT2D eigenvalue weighted by atomic mass is 9.95. The van der Waals surface area contributed by atoms with E-state index in [-0.39, 0.29) is 6.61 Å². The van der Waals surface area contributed by atoms with Gasteiger partial charge in [-0.15, -0.1) is 0 Å². The predicted octanol–water partition coefficient (Wildman–Crippen LogP) is 3.96. The van der Waals surface area contributed by atoms with Crippen molar-refractivity contribution in [2.45, 2.75) is 39.3 Å². The molecule has 0 aliphatic carbocycles. The third kappa shape index (κ3) is 2.20. The fraction of sp³-hybridized carbons (Fsp3) is 0.333. The van der Waals surface area contributed by atoms with Crippen molar-refractivity contribution in [2.24, 2.45) is 0 Å². The highest BCUT2D eigenvalue weighted by Gasteiger charge is 2.24. The molecule has 0 aromatic heterocycles. The van der Waals surface area contributed by atoms with Gasteiger partial charge in [-0.25, -0.2) is 0 Å². The van der Waals surface area contributed by atoms with Gasteiger partial charge in [-0.05, 0) is 55.5 Å². The quantitative estimate of drug-likeness (QED) is 0.890. The molecule has 0 radical (unpaired) electrons. The summed E-state index contributed by atoms with van der Waals surface area (Å²) in [5.41, 5.74) is 6.20. The Morgan fingerprint density at radius 3 is 2.70 bits per heavy atom. The second kappa shape index (κ2) is 5.29. The lowest BCUT2D eigenvalue weighted by Crippen LogP contribution is -2.33. The number of benzene rings is 2. The van der Waals surface area contributed by atoms with E-state index < -0.39 is 0 Å². The van der Waals surface area contributed by atoms with Crippen LogP contribution in [0.25, 0.3) is 0 Å². The molecule has 0 bridgehead atoms. The number of anilines is 2. The summed E-state index contributed by atoms with van der Waals surface area (Å²) in [6, 6.07) is 15.4. The molecule has 1 unspecified atom stereocenters. The van der Waals surface area contributed by atoms with Gasteiger partial charge < -0.3 is 10.0 Å². The molecule has 1 N–H and O–H groups in total. The first kappa shape index (κ1) is 13.2. The number of hydrogen-bond acceptors (Lipinski definition) is 2. The molecule has 3 rings (SSSR count). The average Bonchev–Trinajstić information content (AvgIpc) is 2.48.